The van der Waals surface area contributed by atoms with Crippen molar-refractivity contribution in [2.45, 2.75) is 38.8 Å². The zero-order valence-electron chi connectivity index (χ0n) is 10.8. The Balaban J connectivity index is 2.09. The van der Waals surface area contributed by atoms with Crippen LogP contribution in [0.1, 0.15) is 35.7 Å². The summed E-state index contributed by atoms with van der Waals surface area (Å²) in [6, 6.07) is 6.39. The van der Waals surface area contributed by atoms with Gasteiger partial charge in [0.2, 0.25) is 0 Å². The second-order valence-corrected chi connectivity index (χ2v) is 5.80. The molecule has 0 aromatic heterocycles. The van der Waals surface area contributed by atoms with E-state index in [1.165, 1.54) is 0 Å². The van der Waals surface area contributed by atoms with Crippen molar-refractivity contribution in [3.8, 4) is 0 Å². The molecule has 1 aromatic carbocycles. The Morgan fingerprint density at radius 3 is 3.00 bits per heavy atom. The van der Waals surface area contributed by atoms with Crippen LogP contribution in [0.25, 0.3) is 0 Å². The van der Waals surface area contributed by atoms with Crippen molar-refractivity contribution in [1.29, 1.82) is 0 Å². The van der Waals surface area contributed by atoms with E-state index in [-0.39, 0.29) is 11.9 Å². The fourth-order valence-electron chi connectivity index (χ4n) is 2.30. The van der Waals surface area contributed by atoms with Crippen LogP contribution in [0.4, 0.5) is 0 Å². The Kier molecular flexibility index (Phi) is 4.40. The maximum Gasteiger partial charge on any atom is 0.252 e. The molecule has 1 aromatic rings. The van der Waals surface area contributed by atoms with E-state index in [4.69, 9.17) is 0 Å². The molecule has 2 rings (SSSR count). The topological polar surface area (TPSA) is 41.1 Å². The van der Waals surface area contributed by atoms with E-state index >= 15 is 0 Å². The number of carbonyl (C=O) groups is 1. The Labute approximate surface area is 116 Å². The SMILES string of the molecule is Cc1ccc(Br)c(C(=O)NC2CCCNC2C)c1. The van der Waals surface area contributed by atoms with Crippen molar-refractivity contribution < 1.29 is 4.79 Å². The summed E-state index contributed by atoms with van der Waals surface area (Å²) in [6.07, 6.45) is 2.16. The number of amides is 1. The van der Waals surface area contributed by atoms with Crippen LogP contribution in [-0.4, -0.2) is 24.5 Å². The van der Waals surface area contributed by atoms with Crippen molar-refractivity contribution in [2.24, 2.45) is 0 Å². The molecule has 4 heteroatoms. The third-order valence-corrected chi connectivity index (χ3v) is 4.14. The first-order chi connectivity index (χ1) is 8.58. The number of hydrogen-bond donors (Lipinski definition) is 2. The monoisotopic (exact) mass is 310 g/mol. The zero-order chi connectivity index (χ0) is 13.1. The average molecular weight is 311 g/mol. The molecular formula is C14H19BrN2O. The Morgan fingerprint density at radius 2 is 2.28 bits per heavy atom. The average Bonchev–Trinajstić information content (AvgIpc) is 2.35. The fourth-order valence-corrected chi connectivity index (χ4v) is 2.73. The lowest BCUT2D eigenvalue weighted by atomic mass is 9.99. The Bertz CT molecular complexity index is 447. The van der Waals surface area contributed by atoms with Crippen LogP contribution >= 0.6 is 15.9 Å². The third-order valence-electron chi connectivity index (χ3n) is 3.44. The van der Waals surface area contributed by atoms with Gasteiger partial charge in [-0.25, -0.2) is 0 Å². The van der Waals surface area contributed by atoms with Crippen LogP contribution in [0.5, 0.6) is 0 Å². The molecule has 0 aliphatic carbocycles. The van der Waals surface area contributed by atoms with E-state index in [1.54, 1.807) is 0 Å². The molecule has 1 aliphatic rings. The maximum absolute atomic E-state index is 12.3. The lowest BCUT2D eigenvalue weighted by Crippen LogP contribution is -2.51. The summed E-state index contributed by atoms with van der Waals surface area (Å²) in [5.74, 6) is 0.00567. The summed E-state index contributed by atoms with van der Waals surface area (Å²) >= 11 is 3.43. The molecule has 0 saturated carbocycles. The summed E-state index contributed by atoms with van der Waals surface area (Å²) in [4.78, 5) is 12.3. The third kappa shape index (κ3) is 3.12. The first-order valence-corrected chi connectivity index (χ1v) is 7.17. The van der Waals surface area contributed by atoms with Crippen molar-refractivity contribution >= 4 is 21.8 Å². The van der Waals surface area contributed by atoms with Gasteiger partial charge in [0.05, 0.1) is 5.56 Å². The van der Waals surface area contributed by atoms with Gasteiger partial charge in [-0.1, -0.05) is 11.6 Å². The first-order valence-electron chi connectivity index (χ1n) is 6.38. The standard InChI is InChI=1S/C14H19BrN2O/c1-9-5-6-12(15)11(8-9)14(18)17-13-4-3-7-16-10(13)2/h5-6,8,10,13,16H,3-4,7H2,1-2H3,(H,17,18). The van der Waals surface area contributed by atoms with Gasteiger partial charge in [-0.15, -0.1) is 0 Å². The van der Waals surface area contributed by atoms with Gasteiger partial charge in [0, 0.05) is 16.6 Å². The Morgan fingerprint density at radius 1 is 1.50 bits per heavy atom. The van der Waals surface area contributed by atoms with E-state index in [0.29, 0.717) is 11.6 Å². The number of benzene rings is 1. The normalized spacial score (nSPS) is 23.7. The maximum atomic E-state index is 12.3. The highest BCUT2D eigenvalue weighted by Crippen LogP contribution is 2.19. The lowest BCUT2D eigenvalue weighted by Gasteiger charge is -2.30. The predicted molar refractivity (Wildman–Crippen MR) is 76.8 cm³/mol. The second kappa shape index (κ2) is 5.85. The number of carbonyl (C=O) groups excluding carboxylic acids is 1. The van der Waals surface area contributed by atoms with Gasteiger partial charge >= 0.3 is 0 Å². The summed E-state index contributed by atoms with van der Waals surface area (Å²) in [7, 11) is 0. The van der Waals surface area contributed by atoms with Crippen molar-refractivity contribution in [2.75, 3.05) is 6.54 Å². The number of aryl methyl sites for hydroxylation is 1. The highest BCUT2D eigenvalue weighted by Gasteiger charge is 2.23. The molecule has 1 amide bonds. The lowest BCUT2D eigenvalue weighted by molar-refractivity contribution is 0.0919. The van der Waals surface area contributed by atoms with Gasteiger partial charge in [0.25, 0.3) is 5.91 Å². The first kappa shape index (κ1) is 13.6. The van der Waals surface area contributed by atoms with Crippen LogP contribution in [-0.2, 0) is 0 Å². The van der Waals surface area contributed by atoms with E-state index in [9.17, 15) is 4.79 Å². The number of hydrogen-bond acceptors (Lipinski definition) is 2. The minimum atomic E-state index is 0.00567. The van der Waals surface area contributed by atoms with Crippen LogP contribution < -0.4 is 10.6 Å². The largest absolute Gasteiger partial charge is 0.348 e. The summed E-state index contributed by atoms with van der Waals surface area (Å²) < 4.78 is 0.849. The van der Waals surface area contributed by atoms with Gasteiger partial charge in [0.15, 0.2) is 0 Å². The molecule has 1 aliphatic heterocycles. The smallest absolute Gasteiger partial charge is 0.252 e. The van der Waals surface area contributed by atoms with Crippen LogP contribution in [0, 0.1) is 6.92 Å². The molecular weight excluding hydrogens is 292 g/mol. The van der Waals surface area contributed by atoms with E-state index < -0.39 is 0 Å². The highest BCUT2D eigenvalue weighted by molar-refractivity contribution is 9.10. The number of nitrogens with one attached hydrogen (secondary N) is 2. The Hall–Kier alpha value is -0.870. The van der Waals surface area contributed by atoms with Crippen molar-refractivity contribution in [3.63, 3.8) is 0 Å². The molecule has 0 bridgehead atoms. The molecule has 0 radical (unpaired) electrons. The number of halogens is 1. The van der Waals surface area contributed by atoms with Gasteiger partial charge in [-0.2, -0.15) is 0 Å². The predicted octanol–water partition coefficient (Wildman–Crippen LogP) is 2.63. The molecule has 1 saturated heterocycles. The fraction of sp³-hybridized carbons (Fsp3) is 0.500. The van der Waals surface area contributed by atoms with Crippen LogP contribution in [0.3, 0.4) is 0 Å². The quantitative estimate of drug-likeness (QED) is 0.881. The minimum Gasteiger partial charge on any atom is -0.348 e. The summed E-state index contributed by atoms with van der Waals surface area (Å²) in [5, 5.41) is 6.51. The van der Waals surface area contributed by atoms with Gasteiger partial charge in [-0.05, 0) is 61.3 Å². The summed E-state index contributed by atoms with van der Waals surface area (Å²) in [5.41, 5.74) is 1.81. The molecule has 1 fully saturated rings. The molecule has 2 N–H and O–H groups in total. The zero-order valence-corrected chi connectivity index (χ0v) is 12.4. The molecule has 3 nitrogen and oxygen atoms in total. The molecule has 1 heterocycles. The number of piperidine rings is 1. The second-order valence-electron chi connectivity index (χ2n) is 4.95. The molecule has 18 heavy (non-hydrogen) atoms. The molecule has 2 atom stereocenters. The van der Waals surface area contributed by atoms with Crippen LogP contribution in [0.2, 0.25) is 0 Å². The highest BCUT2D eigenvalue weighted by atomic mass is 79.9. The van der Waals surface area contributed by atoms with E-state index in [0.717, 1.165) is 29.4 Å². The van der Waals surface area contributed by atoms with E-state index in [2.05, 4.69) is 33.5 Å². The number of rotatable bonds is 2. The summed E-state index contributed by atoms with van der Waals surface area (Å²) in [6.45, 7) is 5.16. The molecule has 2 unspecified atom stereocenters. The van der Waals surface area contributed by atoms with Gasteiger partial charge < -0.3 is 10.6 Å². The van der Waals surface area contributed by atoms with Crippen LogP contribution in [0.15, 0.2) is 22.7 Å². The van der Waals surface area contributed by atoms with Crippen molar-refractivity contribution in [3.05, 3.63) is 33.8 Å². The minimum absolute atomic E-state index is 0.00567. The molecule has 0 spiro atoms. The van der Waals surface area contributed by atoms with Gasteiger partial charge in [0.1, 0.15) is 0 Å². The van der Waals surface area contributed by atoms with Gasteiger partial charge in [-0.3, -0.25) is 4.79 Å². The van der Waals surface area contributed by atoms with E-state index in [1.807, 2.05) is 25.1 Å². The van der Waals surface area contributed by atoms with Crippen molar-refractivity contribution in [1.82, 2.24) is 10.6 Å². The molecule has 98 valence electrons.